The molecule has 1 aromatic carbocycles. The van der Waals surface area contributed by atoms with E-state index in [0.717, 1.165) is 18.8 Å². The predicted octanol–water partition coefficient (Wildman–Crippen LogP) is 3.79. The molecule has 0 fully saturated rings. The smallest absolute Gasteiger partial charge is 0.0736 e. The van der Waals surface area contributed by atoms with Crippen LogP contribution in [0.4, 0.5) is 5.69 Å². The molecule has 0 radical (unpaired) electrons. The van der Waals surface area contributed by atoms with Gasteiger partial charge in [0, 0.05) is 36.2 Å². The molecular weight excluding hydrogens is 262 g/mol. The number of ether oxygens (including phenoxy) is 1. The summed E-state index contributed by atoms with van der Waals surface area (Å²) >= 11 is 0. The molecule has 0 aliphatic heterocycles. The third kappa shape index (κ3) is 4.33. The van der Waals surface area contributed by atoms with Gasteiger partial charge in [-0.05, 0) is 33.8 Å². The van der Waals surface area contributed by atoms with E-state index in [4.69, 9.17) is 4.74 Å². The van der Waals surface area contributed by atoms with Gasteiger partial charge in [0.1, 0.15) is 0 Å². The molecule has 114 valence electrons. The normalized spacial score (nSPS) is 11.6. The molecule has 2 aromatic rings. The van der Waals surface area contributed by atoms with Gasteiger partial charge in [0.15, 0.2) is 0 Å². The number of anilines is 1. The number of nitrogens with one attached hydrogen (secondary N) is 1. The van der Waals surface area contributed by atoms with Gasteiger partial charge in [-0.2, -0.15) is 5.10 Å². The fourth-order valence-electron chi connectivity index (χ4n) is 2.05. The topological polar surface area (TPSA) is 39.1 Å². The maximum Gasteiger partial charge on any atom is 0.0736 e. The lowest BCUT2D eigenvalue weighted by Gasteiger charge is -2.18. The summed E-state index contributed by atoms with van der Waals surface area (Å²) in [5.74, 6) is 0. The lowest BCUT2D eigenvalue weighted by Crippen LogP contribution is -2.22. The van der Waals surface area contributed by atoms with Crippen LogP contribution in [0.1, 0.15) is 38.8 Å². The maximum absolute atomic E-state index is 5.50. The Morgan fingerprint density at radius 3 is 2.67 bits per heavy atom. The zero-order valence-electron chi connectivity index (χ0n) is 13.4. The number of para-hydroxylation sites is 1. The summed E-state index contributed by atoms with van der Waals surface area (Å²) in [4.78, 5) is 0. The molecule has 2 rings (SSSR count). The molecule has 0 bridgehead atoms. The summed E-state index contributed by atoms with van der Waals surface area (Å²) in [6.45, 7) is 10.6. The van der Waals surface area contributed by atoms with E-state index in [0.29, 0.717) is 6.61 Å². The fraction of sp³-hybridized carbons (Fsp3) is 0.471. The zero-order chi connectivity index (χ0) is 15.3. The van der Waals surface area contributed by atoms with Crippen LogP contribution < -0.4 is 5.32 Å². The SMILES string of the molecule is CCOCc1ccccc1NCc1cnn(C(C)(C)C)c1. The third-order valence-corrected chi connectivity index (χ3v) is 3.29. The van der Waals surface area contributed by atoms with E-state index < -0.39 is 0 Å². The van der Waals surface area contributed by atoms with Crippen LogP contribution in [-0.4, -0.2) is 16.4 Å². The summed E-state index contributed by atoms with van der Waals surface area (Å²) in [6.07, 6.45) is 4.02. The van der Waals surface area contributed by atoms with Crippen molar-refractivity contribution >= 4 is 5.69 Å². The number of hydrogen-bond donors (Lipinski definition) is 1. The molecule has 1 N–H and O–H groups in total. The summed E-state index contributed by atoms with van der Waals surface area (Å²) in [5.41, 5.74) is 3.50. The fourth-order valence-corrected chi connectivity index (χ4v) is 2.05. The van der Waals surface area contributed by atoms with Gasteiger partial charge in [-0.1, -0.05) is 18.2 Å². The van der Waals surface area contributed by atoms with Gasteiger partial charge in [-0.25, -0.2) is 0 Å². The number of aromatic nitrogens is 2. The van der Waals surface area contributed by atoms with E-state index >= 15 is 0 Å². The second kappa shape index (κ2) is 6.76. The van der Waals surface area contributed by atoms with Crippen molar-refractivity contribution in [2.45, 2.75) is 46.4 Å². The molecular formula is C17H25N3O. The number of rotatable bonds is 6. The molecule has 1 heterocycles. The highest BCUT2D eigenvalue weighted by Gasteiger charge is 2.13. The third-order valence-electron chi connectivity index (χ3n) is 3.29. The molecule has 0 aliphatic carbocycles. The van der Waals surface area contributed by atoms with Crippen molar-refractivity contribution in [1.29, 1.82) is 0 Å². The van der Waals surface area contributed by atoms with Crippen LogP contribution in [0.15, 0.2) is 36.7 Å². The molecule has 0 saturated heterocycles. The van der Waals surface area contributed by atoms with Crippen molar-refractivity contribution in [2.24, 2.45) is 0 Å². The second-order valence-corrected chi connectivity index (χ2v) is 6.11. The highest BCUT2D eigenvalue weighted by atomic mass is 16.5. The first-order valence-electron chi connectivity index (χ1n) is 7.44. The molecule has 0 spiro atoms. The molecule has 0 unspecified atom stereocenters. The van der Waals surface area contributed by atoms with Crippen molar-refractivity contribution < 1.29 is 4.74 Å². The Kier molecular flexibility index (Phi) is 5.02. The summed E-state index contributed by atoms with van der Waals surface area (Å²) < 4.78 is 7.50. The van der Waals surface area contributed by atoms with E-state index in [1.54, 1.807) is 0 Å². The zero-order valence-corrected chi connectivity index (χ0v) is 13.4. The minimum Gasteiger partial charge on any atom is -0.381 e. The van der Waals surface area contributed by atoms with Crippen molar-refractivity contribution in [1.82, 2.24) is 9.78 Å². The van der Waals surface area contributed by atoms with E-state index in [-0.39, 0.29) is 5.54 Å². The highest BCUT2D eigenvalue weighted by molar-refractivity contribution is 5.51. The molecule has 0 saturated carbocycles. The monoisotopic (exact) mass is 287 g/mol. The van der Waals surface area contributed by atoms with Crippen LogP contribution in [0.3, 0.4) is 0 Å². The van der Waals surface area contributed by atoms with Gasteiger partial charge in [0.25, 0.3) is 0 Å². The van der Waals surface area contributed by atoms with Crippen LogP contribution in [0.2, 0.25) is 0 Å². The lowest BCUT2D eigenvalue weighted by atomic mass is 10.1. The molecule has 0 aliphatic rings. The minimum absolute atomic E-state index is 0.0190. The number of nitrogens with zero attached hydrogens (tertiary/aromatic N) is 2. The van der Waals surface area contributed by atoms with E-state index in [1.165, 1.54) is 11.1 Å². The average Bonchev–Trinajstić information content (AvgIpc) is 2.92. The van der Waals surface area contributed by atoms with Gasteiger partial charge in [0.05, 0.1) is 18.3 Å². The van der Waals surface area contributed by atoms with Gasteiger partial charge in [-0.3, -0.25) is 4.68 Å². The predicted molar refractivity (Wildman–Crippen MR) is 86.3 cm³/mol. The molecule has 4 nitrogen and oxygen atoms in total. The van der Waals surface area contributed by atoms with Crippen LogP contribution >= 0.6 is 0 Å². The molecule has 4 heteroatoms. The minimum atomic E-state index is 0.0190. The molecule has 0 atom stereocenters. The first kappa shape index (κ1) is 15.6. The summed E-state index contributed by atoms with van der Waals surface area (Å²) in [7, 11) is 0. The summed E-state index contributed by atoms with van der Waals surface area (Å²) in [6, 6.07) is 8.26. The molecule has 0 amide bonds. The largest absolute Gasteiger partial charge is 0.381 e. The van der Waals surface area contributed by atoms with Crippen molar-refractivity contribution in [3.63, 3.8) is 0 Å². The van der Waals surface area contributed by atoms with Crippen LogP contribution in [0.5, 0.6) is 0 Å². The Bertz CT molecular complexity index is 569. The molecule has 21 heavy (non-hydrogen) atoms. The maximum atomic E-state index is 5.50. The van der Waals surface area contributed by atoms with Crippen LogP contribution in [-0.2, 0) is 23.4 Å². The highest BCUT2D eigenvalue weighted by Crippen LogP contribution is 2.18. The van der Waals surface area contributed by atoms with Crippen LogP contribution in [0.25, 0.3) is 0 Å². The van der Waals surface area contributed by atoms with E-state index in [2.05, 4.69) is 49.5 Å². The lowest BCUT2D eigenvalue weighted by molar-refractivity contribution is 0.134. The van der Waals surface area contributed by atoms with Crippen molar-refractivity contribution in [3.8, 4) is 0 Å². The standard InChI is InChI=1S/C17H25N3O/c1-5-21-13-15-8-6-7-9-16(15)18-10-14-11-19-20(12-14)17(2,3)4/h6-9,11-12,18H,5,10,13H2,1-4H3. The van der Waals surface area contributed by atoms with Crippen molar-refractivity contribution in [2.75, 3.05) is 11.9 Å². The van der Waals surface area contributed by atoms with Gasteiger partial charge < -0.3 is 10.1 Å². The molecule has 1 aromatic heterocycles. The quantitative estimate of drug-likeness (QED) is 0.878. The van der Waals surface area contributed by atoms with Gasteiger partial charge in [-0.15, -0.1) is 0 Å². The Balaban J connectivity index is 2.01. The first-order valence-corrected chi connectivity index (χ1v) is 7.44. The van der Waals surface area contributed by atoms with Gasteiger partial charge >= 0.3 is 0 Å². The first-order chi connectivity index (χ1) is 10.0. The Morgan fingerprint density at radius 2 is 2.00 bits per heavy atom. The summed E-state index contributed by atoms with van der Waals surface area (Å²) in [5, 5.41) is 7.89. The Morgan fingerprint density at radius 1 is 1.24 bits per heavy atom. The average molecular weight is 287 g/mol. The van der Waals surface area contributed by atoms with Crippen molar-refractivity contribution in [3.05, 3.63) is 47.8 Å². The second-order valence-electron chi connectivity index (χ2n) is 6.11. The van der Waals surface area contributed by atoms with E-state index in [9.17, 15) is 0 Å². The number of hydrogen-bond acceptors (Lipinski definition) is 3. The van der Waals surface area contributed by atoms with Crippen LogP contribution in [0, 0.1) is 0 Å². The van der Waals surface area contributed by atoms with E-state index in [1.807, 2.05) is 29.9 Å². The number of benzene rings is 1. The Labute approximate surface area is 127 Å². The Hall–Kier alpha value is -1.81. The van der Waals surface area contributed by atoms with Gasteiger partial charge in [0.2, 0.25) is 0 Å².